The highest BCUT2D eigenvalue weighted by Crippen LogP contribution is 2.25. The zero-order chi connectivity index (χ0) is 21.3. The summed E-state index contributed by atoms with van der Waals surface area (Å²) in [4.78, 5) is 14.3. The predicted molar refractivity (Wildman–Crippen MR) is 112 cm³/mol. The van der Waals surface area contributed by atoms with Crippen LogP contribution < -0.4 is 14.8 Å². The molecule has 0 saturated carbocycles. The minimum absolute atomic E-state index is 0.0198. The summed E-state index contributed by atoms with van der Waals surface area (Å²) in [6.45, 7) is 8.15. The first-order valence-electron chi connectivity index (χ1n) is 9.26. The monoisotopic (exact) mass is 413 g/mol. The zero-order valence-electron chi connectivity index (χ0n) is 17.5. The highest BCUT2D eigenvalue weighted by atomic mass is 35.5. The average Bonchev–Trinajstić information content (AvgIpc) is 2.69. The third-order valence-corrected chi connectivity index (χ3v) is 5.32. The lowest BCUT2D eigenvalue weighted by Crippen LogP contribution is -2.55. The summed E-state index contributed by atoms with van der Waals surface area (Å²) in [5.74, 6) is 1.27. The molecule has 2 N–H and O–H groups in total. The number of amides is 1. The van der Waals surface area contributed by atoms with Gasteiger partial charge in [-0.2, -0.15) is 0 Å². The molecule has 7 nitrogen and oxygen atoms in total. The van der Waals surface area contributed by atoms with E-state index in [4.69, 9.17) is 31.2 Å². The van der Waals surface area contributed by atoms with Crippen LogP contribution in [-0.4, -0.2) is 61.5 Å². The van der Waals surface area contributed by atoms with Gasteiger partial charge in [0.2, 0.25) is 0 Å². The topological polar surface area (TPSA) is 83.9 Å². The van der Waals surface area contributed by atoms with Crippen LogP contribution >= 0.6 is 11.6 Å². The minimum atomic E-state index is -0.222. The van der Waals surface area contributed by atoms with Gasteiger partial charge in [0.25, 0.3) is 5.91 Å². The van der Waals surface area contributed by atoms with E-state index in [0.717, 1.165) is 23.5 Å². The molecule has 0 aromatic heterocycles. The lowest BCUT2D eigenvalue weighted by molar-refractivity contribution is -0.138. The molecule has 0 spiro atoms. The predicted octanol–water partition coefficient (Wildman–Crippen LogP) is 3.04. The fraction of sp³-hybridized carbons (Fsp3) is 0.600. The summed E-state index contributed by atoms with van der Waals surface area (Å²) in [7, 11) is 3.24. The normalized spacial score (nSPS) is 15.1. The van der Waals surface area contributed by atoms with Crippen molar-refractivity contribution in [2.45, 2.75) is 57.7 Å². The molecule has 0 radical (unpaired) electrons. The molecule has 1 amide bonds. The van der Waals surface area contributed by atoms with Crippen LogP contribution in [0.25, 0.3) is 0 Å². The Labute approximate surface area is 172 Å². The molecule has 0 aliphatic rings. The lowest BCUT2D eigenvalue weighted by atomic mass is 10.1. The number of ether oxygens (including phenoxy) is 3. The van der Waals surface area contributed by atoms with Crippen molar-refractivity contribution in [1.82, 2.24) is 10.2 Å². The van der Waals surface area contributed by atoms with E-state index in [1.54, 1.807) is 19.1 Å². The van der Waals surface area contributed by atoms with Crippen molar-refractivity contribution in [1.29, 1.82) is 5.41 Å². The number of hydrogen-bond donors (Lipinski definition) is 2. The standard InChI is InChI=1S/C20H32ClN3O4/c1-13(21)15(3)24(20(25)11-28-12-22)16(4)14(2)23-10-17-7-8-18(26-5)9-19(17)27-6/h7-9,12-16,22-23H,10-11H2,1-6H3/t13?,14?,15-,16+/m0/s1. The maximum absolute atomic E-state index is 12.6. The average molecular weight is 414 g/mol. The van der Waals surface area contributed by atoms with Crippen molar-refractivity contribution in [3.05, 3.63) is 23.8 Å². The van der Waals surface area contributed by atoms with Gasteiger partial charge in [0.05, 0.1) is 19.6 Å². The summed E-state index contributed by atoms with van der Waals surface area (Å²) < 4.78 is 15.5. The molecule has 4 atom stereocenters. The largest absolute Gasteiger partial charge is 0.497 e. The Hall–Kier alpha value is -1.99. The van der Waals surface area contributed by atoms with Crippen LogP contribution in [0.5, 0.6) is 11.5 Å². The fourth-order valence-electron chi connectivity index (χ4n) is 2.91. The summed E-state index contributed by atoms with van der Waals surface area (Å²) in [5, 5.41) is 10.2. The Morgan fingerprint density at radius 1 is 1.21 bits per heavy atom. The first-order chi connectivity index (χ1) is 13.3. The van der Waals surface area contributed by atoms with Crippen molar-refractivity contribution in [2.75, 3.05) is 20.8 Å². The van der Waals surface area contributed by atoms with E-state index in [0.29, 0.717) is 6.54 Å². The van der Waals surface area contributed by atoms with E-state index < -0.39 is 0 Å². The van der Waals surface area contributed by atoms with Crippen molar-refractivity contribution >= 4 is 23.9 Å². The Balaban J connectivity index is 2.87. The molecule has 1 aromatic carbocycles. The van der Waals surface area contributed by atoms with Crippen LogP contribution in [0.2, 0.25) is 0 Å². The van der Waals surface area contributed by atoms with Crippen LogP contribution in [0.3, 0.4) is 0 Å². The minimum Gasteiger partial charge on any atom is -0.497 e. The molecule has 28 heavy (non-hydrogen) atoms. The first kappa shape index (κ1) is 24.0. The molecule has 1 aromatic rings. The molecule has 0 saturated heterocycles. The molecule has 1 rings (SSSR count). The van der Waals surface area contributed by atoms with Gasteiger partial charge < -0.3 is 24.4 Å². The summed E-state index contributed by atoms with van der Waals surface area (Å²) in [6.07, 6.45) is 0.771. The van der Waals surface area contributed by atoms with Crippen LogP contribution in [0.15, 0.2) is 18.2 Å². The first-order valence-corrected chi connectivity index (χ1v) is 9.70. The molecule has 0 aliphatic heterocycles. The third-order valence-electron chi connectivity index (χ3n) is 4.95. The second-order valence-corrected chi connectivity index (χ2v) is 7.42. The van der Waals surface area contributed by atoms with Crippen LogP contribution in [0, 0.1) is 5.41 Å². The number of benzene rings is 1. The second kappa shape index (κ2) is 11.8. The summed E-state index contributed by atoms with van der Waals surface area (Å²) in [5.41, 5.74) is 0.992. The molecule has 2 unspecified atom stereocenters. The van der Waals surface area contributed by atoms with Crippen molar-refractivity contribution in [3.8, 4) is 11.5 Å². The SMILES string of the molecule is COc1ccc(CNC(C)[C@@H](C)N(C(=O)COC=N)[C@@H](C)C(C)Cl)c(OC)c1. The lowest BCUT2D eigenvalue weighted by Gasteiger charge is -2.39. The summed E-state index contributed by atoms with van der Waals surface area (Å²) >= 11 is 6.26. The third kappa shape index (κ3) is 6.56. The molecule has 8 heteroatoms. The molecule has 0 bridgehead atoms. The highest BCUT2D eigenvalue weighted by Gasteiger charge is 2.31. The molecular formula is C20H32ClN3O4. The number of nitrogens with one attached hydrogen (secondary N) is 2. The molecule has 0 fully saturated rings. The van der Waals surface area contributed by atoms with Crippen LogP contribution in [-0.2, 0) is 16.1 Å². The van der Waals surface area contributed by atoms with E-state index >= 15 is 0 Å². The quantitative estimate of drug-likeness (QED) is 0.312. The van der Waals surface area contributed by atoms with Gasteiger partial charge in [0, 0.05) is 36.3 Å². The number of hydrogen-bond acceptors (Lipinski definition) is 6. The number of halogens is 1. The van der Waals surface area contributed by atoms with Crippen molar-refractivity contribution in [3.63, 3.8) is 0 Å². The van der Waals surface area contributed by atoms with E-state index in [-0.39, 0.29) is 36.0 Å². The van der Waals surface area contributed by atoms with Gasteiger partial charge in [-0.1, -0.05) is 6.07 Å². The highest BCUT2D eigenvalue weighted by molar-refractivity contribution is 6.20. The van der Waals surface area contributed by atoms with Crippen molar-refractivity contribution in [2.24, 2.45) is 0 Å². The smallest absolute Gasteiger partial charge is 0.261 e. The van der Waals surface area contributed by atoms with E-state index in [2.05, 4.69) is 5.32 Å². The van der Waals surface area contributed by atoms with Crippen LogP contribution in [0.1, 0.15) is 33.3 Å². The number of nitrogens with zero attached hydrogens (tertiary/aromatic N) is 1. The Kier molecular flexibility index (Phi) is 10.1. The number of carbonyl (C=O) groups is 1. The van der Waals surface area contributed by atoms with E-state index in [1.165, 1.54) is 0 Å². The Bertz CT molecular complexity index is 642. The van der Waals surface area contributed by atoms with Crippen molar-refractivity contribution < 1.29 is 19.0 Å². The Morgan fingerprint density at radius 3 is 2.43 bits per heavy atom. The van der Waals surface area contributed by atoms with E-state index in [1.807, 2.05) is 45.9 Å². The molecule has 0 aliphatic carbocycles. The number of methoxy groups -OCH3 is 2. The van der Waals surface area contributed by atoms with Gasteiger partial charge in [0.1, 0.15) is 11.5 Å². The second-order valence-electron chi connectivity index (χ2n) is 6.74. The Morgan fingerprint density at radius 2 is 1.89 bits per heavy atom. The van der Waals surface area contributed by atoms with Crippen LogP contribution in [0.4, 0.5) is 0 Å². The fourth-order valence-corrected chi connectivity index (χ4v) is 3.04. The van der Waals surface area contributed by atoms with Gasteiger partial charge in [-0.05, 0) is 33.8 Å². The van der Waals surface area contributed by atoms with Gasteiger partial charge >= 0.3 is 0 Å². The molecule has 158 valence electrons. The van der Waals surface area contributed by atoms with Gasteiger partial charge in [-0.3, -0.25) is 10.2 Å². The number of carbonyl (C=O) groups excluding carboxylic acids is 1. The number of rotatable bonds is 12. The molecule has 0 heterocycles. The van der Waals surface area contributed by atoms with Gasteiger partial charge in [0.15, 0.2) is 13.0 Å². The van der Waals surface area contributed by atoms with Gasteiger partial charge in [-0.25, -0.2) is 0 Å². The maximum atomic E-state index is 12.6. The molecular weight excluding hydrogens is 382 g/mol. The zero-order valence-corrected chi connectivity index (χ0v) is 18.2. The van der Waals surface area contributed by atoms with Gasteiger partial charge in [-0.15, -0.1) is 11.6 Å². The number of alkyl halides is 1. The maximum Gasteiger partial charge on any atom is 0.261 e. The van der Waals surface area contributed by atoms with E-state index in [9.17, 15) is 4.79 Å². The summed E-state index contributed by atoms with van der Waals surface area (Å²) in [6, 6.07) is 5.34.